The quantitative estimate of drug-likeness (QED) is 0.770. The molecular weight excluding hydrogens is 206 g/mol. The number of benzene rings is 1. The first kappa shape index (κ1) is 9.75. The molecule has 1 heterocycles. The molecule has 3 heteroatoms. The predicted octanol–water partition coefficient (Wildman–Crippen LogP) is 3.30. The number of nitriles is 1. The van der Waals surface area contributed by atoms with E-state index in [0.717, 1.165) is 21.1 Å². The van der Waals surface area contributed by atoms with E-state index in [0.29, 0.717) is 0 Å². The lowest BCUT2D eigenvalue weighted by molar-refractivity contribution is 0.416. The van der Waals surface area contributed by atoms with Crippen LogP contribution in [0.1, 0.15) is 4.88 Å². The number of methoxy groups -OCH3 is 1. The smallest absolute Gasteiger partial charge is 0.127 e. The topological polar surface area (TPSA) is 33.0 Å². The maximum atomic E-state index is 8.75. The highest BCUT2D eigenvalue weighted by molar-refractivity contribution is 7.16. The number of thiophene rings is 1. The number of rotatable bonds is 2. The fourth-order valence-corrected chi connectivity index (χ4v) is 2.22. The van der Waals surface area contributed by atoms with E-state index in [1.807, 2.05) is 36.4 Å². The molecule has 0 saturated heterocycles. The number of para-hydroxylation sites is 1. The van der Waals surface area contributed by atoms with Crippen molar-refractivity contribution in [3.63, 3.8) is 0 Å². The third kappa shape index (κ3) is 1.85. The van der Waals surface area contributed by atoms with Crippen molar-refractivity contribution in [1.29, 1.82) is 5.26 Å². The summed E-state index contributed by atoms with van der Waals surface area (Å²) in [4.78, 5) is 1.78. The fraction of sp³-hybridized carbons (Fsp3) is 0.0833. The van der Waals surface area contributed by atoms with Crippen molar-refractivity contribution in [3.8, 4) is 22.3 Å². The van der Waals surface area contributed by atoms with Crippen LogP contribution < -0.4 is 4.74 Å². The van der Waals surface area contributed by atoms with Gasteiger partial charge in [0.05, 0.1) is 7.11 Å². The van der Waals surface area contributed by atoms with Gasteiger partial charge in [-0.3, -0.25) is 0 Å². The van der Waals surface area contributed by atoms with Gasteiger partial charge >= 0.3 is 0 Å². The second-order valence-corrected chi connectivity index (χ2v) is 4.06. The third-order valence-electron chi connectivity index (χ3n) is 2.09. The molecule has 0 aliphatic rings. The van der Waals surface area contributed by atoms with E-state index >= 15 is 0 Å². The molecule has 15 heavy (non-hydrogen) atoms. The van der Waals surface area contributed by atoms with Gasteiger partial charge in [0, 0.05) is 10.4 Å². The van der Waals surface area contributed by atoms with E-state index in [-0.39, 0.29) is 0 Å². The Labute approximate surface area is 92.4 Å². The molecule has 2 nitrogen and oxygen atoms in total. The summed E-state index contributed by atoms with van der Waals surface area (Å²) in [6, 6.07) is 13.7. The lowest BCUT2D eigenvalue weighted by Gasteiger charge is -2.04. The van der Waals surface area contributed by atoms with Crippen LogP contribution in [0.4, 0.5) is 0 Å². The Morgan fingerprint density at radius 2 is 2.00 bits per heavy atom. The standard InChI is InChI=1S/C12H9NOS/c1-14-11-5-3-2-4-10(11)12-7-6-9(8-13)15-12/h2-7H,1H3. The molecule has 0 radical (unpaired) electrons. The minimum Gasteiger partial charge on any atom is -0.496 e. The third-order valence-corrected chi connectivity index (χ3v) is 3.11. The Hall–Kier alpha value is -1.79. The zero-order valence-electron chi connectivity index (χ0n) is 8.23. The summed E-state index contributed by atoms with van der Waals surface area (Å²) in [6.45, 7) is 0. The van der Waals surface area contributed by atoms with Crippen molar-refractivity contribution >= 4 is 11.3 Å². The Balaban J connectivity index is 2.49. The molecule has 0 amide bonds. The monoisotopic (exact) mass is 215 g/mol. The van der Waals surface area contributed by atoms with Crippen molar-refractivity contribution < 1.29 is 4.74 Å². The number of ether oxygens (including phenoxy) is 1. The molecule has 0 fully saturated rings. The molecule has 0 unspecified atom stereocenters. The lowest BCUT2D eigenvalue weighted by Crippen LogP contribution is -1.84. The molecule has 1 aromatic heterocycles. The van der Waals surface area contributed by atoms with Gasteiger partial charge in [-0.05, 0) is 24.3 Å². The maximum absolute atomic E-state index is 8.75. The average molecular weight is 215 g/mol. The van der Waals surface area contributed by atoms with Gasteiger partial charge in [-0.2, -0.15) is 5.26 Å². The van der Waals surface area contributed by atoms with Gasteiger partial charge in [-0.1, -0.05) is 12.1 Å². The summed E-state index contributed by atoms with van der Waals surface area (Å²) in [7, 11) is 1.65. The minimum absolute atomic E-state index is 0.718. The number of nitrogens with zero attached hydrogens (tertiary/aromatic N) is 1. The molecule has 0 N–H and O–H groups in total. The summed E-state index contributed by atoms with van der Waals surface area (Å²) in [5, 5.41) is 8.75. The Morgan fingerprint density at radius 1 is 1.20 bits per heavy atom. The molecular formula is C12H9NOS. The van der Waals surface area contributed by atoms with Crippen LogP contribution in [-0.2, 0) is 0 Å². The fourth-order valence-electron chi connectivity index (χ4n) is 1.39. The maximum Gasteiger partial charge on any atom is 0.127 e. The molecule has 1 aromatic carbocycles. The summed E-state index contributed by atoms with van der Waals surface area (Å²) >= 11 is 1.47. The molecule has 2 rings (SSSR count). The largest absolute Gasteiger partial charge is 0.496 e. The van der Waals surface area contributed by atoms with Gasteiger partial charge in [0.1, 0.15) is 16.7 Å². The van der Waals surface area contributed by atoms with Crippen LogP contribution in [0.15, 0.2) is 36.4 Å². The first-order valence-corrected chi connectivity index (χ1v) is 5.30. The molecule has 2 aromatic rings. The molecule has 0 aliphatic heterocycles. The van der Waals surface area contributed by atoms with E-state index in [4.69, 9.17) is 10.00 Å². The van der Waals surface area contributed by atoms with Gasteiger partial charge in [-0.25, -0.2) is 0 Å². The summed E-state index contributed by atoms with van der Waals surface area (Å²) in [5.41, 5.74) is 1.03. The van der Waals surface area contributed by atoms with Gasteiger partial charge in [0.2, 0.25) is 0 Å². The number of hydrogen-bond donors (Lipinski definition) is 0. The van der Waals surface area contributed by atoms with Crippen LogP contribution in [0, 0.1) is 11.3 Å². The molecule has 0 spiro atoms. The molecule has 0 saturated carbocycles. The van der Waals surface area contributed by atoms with E-state index < -0.39 is 0 Å². The van der Waals surface area contributed by atoms with Crippen LogP contribution in [-0.4, -0.2) is 7.11 Å². The second-order valence-electron chi connectivity index (χ2n) is 2.98. The van der Waals surface area contributed by atoms with Crippen molar-refractivity contribution in [2.45, 2.75) is 0 Å². The SMILES string of the molecule is COc1ccccc1-c1ccc(C#N)s1. The number of hydrogen-bond acceptors (Lipinski definition) is 3. The summed E-state index contributed by atoms with van der Waals surface area (Å²) < 4.78 is 5.27. The van der Waals surface area contributed by atoms with Gasteiger partial charge in [0.25, 0.3) is 0 Å². The van der Waals surface area contributed by atoms with Crippen LogP contribution in [0.2, 0.25) is 0 Å². The van der Waals surface area contributed by atoms with Crippen molar-refractivity contribution in [1.82, 2.24) is 0 Å². The lowest BCUT2D eigenvalue weighted by atomic mass is 10.1. The molecule has 0 atom stereocenters. The Bertz CT molecular complexity index is 510. The summed E-state index contributed by atoms with van der Waals surface area (Å²) in [6.07, 6.45) is 0. The average Bonchev–Trinajstić information content (AvgIpc) is 2.77. The van der Waals surface area contributed by atoms with Crippen LogP contribution in [0.5, 0.6) is 5.75 Å². The highest BCUT2D eigenvalue weighted by Crippen LogP contribution is 2.34. The Morgan fingerprint density at radius 3 is 2.67 bits per heavy atom. The van der Waals surface area contributed by atoms with E-state index in [1.54, 1.807) is 7.11 Å². The van der Waals surface area contributed by atoms with E-state index in [2.05, 4.69) is 6.07 Å². The molecule has 74 valence electrons. The molecule has 0 bridgehead atoms. The zero-order valence-corrected chi connectivity index (χ0v) is 9.04. The van der Waals surface area contributed by atoms with Crippen LogP contribution in [0.25, 0.3) is 10.4 Å². The first-order chi connectivity index (χ1) is 7.35. The van der Waals surface area contributed by atoms with Crippen LogP contribution >= 0.6 is 11.3 Å². The Kier molecular flexibility index (Phi) is 2.70. The highest BCUT2D eigenvalue weighted by Gasteiger charge is 2.07. The highest BCUT2D eigenvalue weighted by atomic mass is 32.1. The second kappa shape index (κ2) is 4.16. The van der Waals surface area contributed by atoms with Gasteiger partial charge in [-0.15, -0.1) is 11.3 Å². The van der Waals surface area contributed by atoms with Gasteiger partial charge < -0.3 is 4.74 Å². The van der Waals surface area contributed by atoms with Crippen molar-refractivity contribution in [2.24, 2.45) is 0 Å². The summed E-state index contributed by atoms with van der Waals surface area (Å²) in [5.74, 6) is 0.837. The van der Waals surface area contributed by atoms with E-state index in [9.17, 15) is 0 Å². The minimum atomic E-state index is 0.718. The molecule has 0 aliphatic carbocycles. The van der Waals surface area contributed by atoms with Crippen molar-refractivity contribution in [3.05, 3.63) is 41.3 Å². The normalized spacial score (nSPS) is 9.60. The van der Waals surface area contributed by atoms with Crippen molar-refractivity contribution in [2.75, 3.05) is 7.11 Å². The zero-order chi connectivity index (χ0) is 10.7. The first-order valence-electron chi connectivity index (χ1n) is 4.48. The van der Waals surface area contributed by atoms with E-state index in [1.165, 1.54) is 11.3 Å². The van der Waals surface area contributed by atoms with Gasteiger partial charge in [0.15, 0.2) is 0 Å². The van der Waals surface area contributed by atoms with Crippen LogP contribution in [0.3, 0.4) is 0 Å². The predicted molar refractivity (Wildman–Crippen MR) is 61.0 cm³/mol.